The van der Waals surface area contributed by atoms with Crippen LogP contribution in [0.2, 0.25) is 0 Å². The summed E-state index contributed by atoms with van der Waals surface area (Å²) in [6.07, 6.45) is 0.610. The molecule has 0 aliphatic carbocycles. The lowest BCUT2D eigenvalue weighted by atomic mass is 10.1. The molecule has 0 saturated carbocycles. The lowest BCUT2D eigenvalue weighted by Crippen LogP contribution is -2.27. The zero-order valence-electron chi connectivity index (χ0n) is 16.9. The lowest BCUT2D eigenvalue weighted by Gasteiger charge is -2.21. The van der Waals surface area contributed by atoms with E-state index in [1.807, 2.05) is 24.3 Å². The second kappa shape index (κ2) is 8.32. The van der Waals surface area contributed by atoms with Crippen LogP contribution in [0.3, 0.4) is 0 Å². The van der Waals surface area contributed by atoms with Gasteiger partial charge in [0.2, 0.25) is 0 Å². The van der Waals surface area contributed by atoms with Crippen molar-refractivity contribution in [3.63, 3.8) is 0 Å². The quantitative estimate of drug-likeness (QED) is 0.442. The molecule has 1 fully saturated rings. The number of rotatable bonds is 5. The summed E-state index contributed by atoms with van der Waals surface area (Å²) in [5.41, 5.74) is 1.92. The van der Waals surface area contributed by atoms with Crippen LogP contribution in [0.4, 0.5) is 0 Å². The SMILES string of the molecule is COc1ccc(-n2c(SCC3OCCO3)nc3sc4c(c3c2=O)CCN(C)C4)cc1. The first-order valence-electron chi connectivity index (χ1n) is 9.90. The fourth-order valence-electron chi connectivity index (χ4n) is 3.85. The van der Waals surface area contributed by atoms with E-state index in [1.165, 1.54) is 16.6 Å². The molecule has 9 heteroatoms. The van der Waals surface area contributed by atoms with Crippen molar-refractivity contribution in [3.05, 3.63) is 45.1 Å². The first-order chi connectivity index (χ1) is 14.6. The Balaban J connectivity index is 1.63. The minimum Gasteiger partial charge on any atom is -0.497 e. The van der Waals surface area contributed by atoms with Crippen molar-refractivity contribution in [1.82, 2.24) is 14.5 Å². The first kappa shape index (κ1) is 20.0. The van der Waals surface area contributed by atoms with Crippen LogP contribution >= 0.6 is 23.1 Å². The highest BCUT2D eigenvalue weighted by Gasteiger charge is 2.25. The molecule has 0 N–H and O–H groups in total. The van der Waals surface area contributed by atoms with Crippen LogP contribution in [-0.2, 0) is 22.4 Å². The van der Waals surface area contributed by atoms with Gasteiger partial charge in [0.25, 0.3) is 5.56 Å². The van der Waals surface area contributed by atoms with Crippen molar-refractivity contribution < 1.29 is 14.2 Å². The van der Waals surface area contributed by atoms with E-state index >= 15 is 0 Å². The minimum atomic E-state index is -0.267. The molecule has 2 aromatic heterocycles. The van der Waals surface area contributed by atoms with Crippen LogP contribution in [0.15, 0.2) is 34.2 Å². The first-order valence-corrected chi connectivity index (χ1v) is 11.7. The molecule has 1 aromatic carbocycles. The topological polar surface area (TPSA) is 65.8 Å². The van der Waals surface area contributed by atoms with Gasteiger partial charge in [-0.2, -0.15) is 0 Å². The molecule has 0 bridgehead atoms. The van der Waals surface area contributed by atoms with E-state index in [4.69, 9.17) is 19.2 Å². The minimum absolute atomic E-state index is 0.0111. The average Bonchev–Trinajstić information content (AvgIpc) is 3.39. The second-order valence-corrected chi connectivity index (χ2v) is 9.46. The van der Waals surface area contributed by atoms with Gasteiger partial charge in [0.15, 0.2) is 11.4 Å². The second-order valence-electron chi connectivity index (χ2n) is 7.39. The molecule has 0 radical (unpaired) electrons. The Bertz CT molecular complexity index is 1120. The van der Waals surface area contributed by atoms with Crippen molar-refractivity contribution in [2.75, 3.05) is 39.7 Å². The van der Waals surface area contributed by atoms with E-state index in [0.717, 1.165) is 46.7 Å². The van der Waals surface area contributed by atoms with Crippen molar-refractivity contribution >= 4 is 33.3 Å². The standard InChI is InChI=1S/C21H23N3O4S2/c1-23-8-7-15-16(11-23)30-19-18(15)20(25)24(13-3-5-14(26-2)6-4-13)21(22-19)29-12-17-27-9-10-28-17/h3-6,17H,7-12H2,1-2H3. The van der Waals surface area contributed by atoms with E-state index < -0.39 is 0 Å². The molecule has 4 heterocycles. The Morgan fingerprint density at radius 2 is 2.03 bits per heavy atom. The summed E-state index contributed by atoms with van der Waals surface area (Å²) >= 11 is 3.13. The number of nitrogens with zero attached hydrogens (tertiary/aromatic N) is 3. The fraction of sp³-hybridized carbons (Fsp3) is 0.429. The van der Waals surface area contributed by atoms with E-state index in [-0.39, 0.29) is 11.8 Å². The Kier molecular flexibility index (Phi) is 5.55. The van der Waals surface area contributed by atoms with E-state index in [0.29, 0.717) is 24.1 Å². The van der Waals surface area contributed by atoms with Crippen molar-refractivity contribution in [1.29, 1.82) is 0 Å². The Labute approximate surface area is 182 Å². The Morgan fingerprint density at radius 1 is 1.27 bits per heavy atom. The zero-order chi connectivity index (χ0) is 20.7. The van der Waals surface area contributed by atoms with Gasteiger partial charge in [0, 0.05) is 18.0 Å². The Morgan fingerprint density at radius 3 is 2.77 bits per heavy atom. The largest absolute Gasteiger partial charge is 0.497 e. The fourth-order valence-corrected chi connectivity index (χ4v) is 6.15. The predicted octanol–water partition coefficient (Wildman–Crippen LogP) is 2.91. The summed E-state index contributed by atoms with van der Waals surface area (Å²) < 4.78 is 18.1. The van der Waals surface area contributed by atoms with E-state index in [9.17, 15) is 4.79 Å². The third-order valence-corrected chi connectivity index (χ3v) is 7.49. The predicted molar refractivity (Wildman–Crippen MR) is 118 cm³/mol. The summed E-state index contributed by atoms with van der Waals surface area (Å²) in [5, 5.41) is 1.42. The summed E-state index contributed by atoms with van der Waals surface area (Å²) in [4.78, 5) is 23.0. The van der Waals surface area contributed by atoms with Gasteiger partial charge in [-0.1, -0.05) is 11.8 Å². The van der Waals surface area contributed by atoms with Crippen LogP contribution in [0.1, 0.15) is 10.4 Å². The van der Waals surface area contributed by atoms with Crippen LogP contribution in [-0.4, -0.2) is 60.4 Å². The van der Waals surface area contributed by atoms with Gasteiger partial charge in [-0.3, -0.25) is 9.36 Å². The monoisotopic (exact) mass is 445 g/mol. The number of thiophene rings is 1. The molecule has 0 amide bonds. The summed E-state index contributed by atoms with van der Waals surface area (Å²) in [5.74, 6) is 1.33. The zero-order valence-corrected chi connectivity index (χ0v) is 18.6. The molecule has 158 valence electrons. The normalized spacial score (nSPS) is 17.5. The van der Waals surface area contributed by atoms with Gasteiger partial charge in [-0.05, 0) is 43.3 Å². The van der Waals surface area contributed by atoms with Crippen molar-refractivity contribution in [3.8, 4) is 11.4 Å². The molecule has 2 aliphatic heterocycles. The maximum atomic E-state index is 13.7. The average molecular weight is 446 g/mol. The summed E-state index contributed by atoms with van der Waals surface area (Å²) in [7, 11) is 3.74. The molecular formula is C21H23N3O4S2. The maximum Gasteiger partial charge on any atom is 0.267 e. The molecule has 0 unspecified atom stereocenters. The molecule has 0 spiro atoms. The van der Waals surface area contributed by atoms with Crippen LogP contribution in [0.5, 0.6) is 5.75 Å². The van der Waals surface area contributed by atoms with Gasteiger partial charge in [-0.15, -0.1) is 11.3 Å². The van der Waals surface area contributed by atoms with Crippen LogP contribution < -0.4 is 10.3 Å². The number of likely N-dealkylation sites (N-methyl/N-ethyl adjacent to an activating group) is 1. The molecule has 1 saturated heterocycles. The number of thioether (sulfide) groups is 1. The number of fused-ring (bicyclic) bond motifs is 3. The third kappa shape index (κ3) is 3.65. The van der Waals surface area contributed by atoms with Crippen molar-refractivity contribution in [2.45, 2.75) is 24.4 Å². The molecular weight excluding hydrogens is 422 g/mol. The van der Waals surface area contributed by atoms with Gasteiger partial charge in [-0.25, -0.2) is 4.98 Å². The third-order valence-electron chi connectivity index (χ3n) is 5.40. The highest BCUT2D eigenvalue weighted by atomic mass is 32.2. The number of hydrogen-bond donors (Lipinski definition) is 0. The maximum absolute atomic E-state index is 13.7. The van der Waals surface area contributed by atoms with Crippen molar-refractivity contribution in [2.24, 2.45) is 0 Å². The van der Waals surface area contributed by atoms with Crippen LogP contribution in [0.25, 0.3) is 15.9 Å². The van der Waals surface area contributed by atoms with E-state index in [1.54, 1.807) is 23.0 Å². The molecule has 5 rings (SSSR count). The number of aromatic nitrogens is 2. The van der Waals surface area contributed by atoms with Crippen LogP contribution in [0, 0.1) is 0 Å². The van der Waals surface area contributed by atoms with Gasteiger partial charge in [0.05, 0.1) is 37.2 Å². The molecule has 2 aliphatic rings. The number of methoxy groups -OCH3 is 1. The molecule has 30 heavy (non-hydrogen) atoms. The molecule has 7 nitrogen and oxygen atoms in total. The summed E-state index contributed by atoms with van der Waals surface area (Å²) in [6, 6.07) is 7.52. The molecule has 3 aromatic rings. The smallest absolute Gasteiger partial charge is 0.267 e. The number of ether oxygens (including phenoxy) is 3. The van der Waals surface area contributed by atoms with Gasteiger partial charge in [0.1, 0.15) is 10.6 Å². The highest BCUT2D eigenvalue weighted by Crippen LogP contribution is 2.34. The highest BCUT2D eigenvalue weighted by molar-refractivity contribution is 7.99. The van der Waals surface area contributed by atoms with Gasteiger partial charge >= 0.3 is 0 Å². The van der Waals surface area contributed by atoms with Gasteiger partial charge < -0.3 is 19.1 Å². The lowest BCUT2D eigenvalue weighted by molar-refractivity contribution is -0.0215. The number of benzene rings is 1. The molecule has 0 atom stereocenters. The number of hydrogen-bond acceptors (Lipinski definition) is 8. The summed E-state index contributed by atoms with van der Waals surface area (Å²) in [6.45, 7) is 3.03. The Hall–Kier alpha value is -1.91. The van der Waals surface area contributed by atoms with E-state index in [2.05, 4.69) is 11.9 Å².